The van der Waals surface area contributed by atoms with Gasteiger partial charge in [-0.15, -0.1) is 10.2 Å². The van der Waals surface area contributed by atoms with Crippen molar-refractivity contribution in [3.63, 3.8) is 0 Å². The smallest absolute Gasteiger partial charge is 0.227 e. The molecule has 1 fully saturated rings. The molecule has 1 aromatic heterocycles. The number of aromatic nitrogens is 2. The topological polar surface area (TPSA) is 157 Å². The third-order valence-electron chi connectivity index (χ3n) is 4.26. The number of nitrogens with two attached hydrogens (primary N) is 3. The molecule has 0 radical (unpaired) electrons. The number of amidine groups is 1. The van der Waals surface area contributed by atoms with Crippen molar-refractivity contribution < 1.29 is 4.79 Å². The van der Waals surface area contributed by atoms with Crippen LogP contribution < -0.4 is 22.5 Å². The highest BCUT2D eigenvalue weighted by Crippen LogP contribution is 2.24. The Morgan fingerprint density at radius 1 is 1.07 bits per heavy atom. The molecule has 1 amide bonds. The van der Waals surface area contributed by atoms with Gasteiger partial charge in [-0.1, -0.05) is 11.6 Å². The van der Waals surface area contributed by atoms with Crippen LogP contribution in [-0.2, 0) is 4.79 Å². The van der Waals surface area contributed by atoms with Crippen molar-refractivity contribution in [3.05, 3.63) is 47.1 Å². The third kappa shape index (κ3) is 6.84. The van der Waals surface area contributed by atoms with Crippen LogP contribution in [0.1, 0.15) is 31.2 Å². The van der Waals surface area contributed by atoms with Crippen molar-refractivity contribution in [1.29, 1.82) is 5.41 Å². The zero-order valence-electron chi connectivity index (χ0n) is 14.9. The first kappa shape index (κ1) is 20.6. The van der Waals surface area contributed by atoms with Crippen molar-refractivity contribution in [2.75, 3.05) is 11.1 Å². The summed E-state index contributed by atoms with van der Waals surface area (Å²) in [5.74, 6) is 0.531. The molecule has 1 heterocycles. The minimum absolute atomic E-state index is 0.0270. The molecular formula is C18H24ClN7O. The molecule has 3 rings (SSSR count). The summed E-state index contributed by atoms with van der Waals surface area (Å²) in [6.45, 7) is 0. The fourth-order valence-electron chi connectivity index (χ4n) is 2.69. The number of amides is 1. The Morgan fingerprint density at radius 2 is 1.70 bits per heavy atom. The van der Waals surface area contributed by atoms with Gasteiger partial charge in [0.15, 0.2) is 5.15 Å². The van der Waals surface area contributed by atoms with Gasteiger partial charge in [-0.3, -0.25) is 10.2 Å². The lowest BCUT2D eigenvalue weighted by Gasteiger charge is -2.25. The molecule has 1 aliphatic carbocycles. The zero-order chi connectivity index (χ0) is 19.8. The predicted molar refractivity (Wildman–Crippen MR) is 107 cm³/mol. The molecule has 9 heteroatoms. The van der Waals surface area contributed by atoms with Crippen molar-refractivity contribution in [3.8, 4) is 0 Å². The van der Waals surface area contributed by atoms with E-state index in [1.807, 2.05) is 0 Å². The Bertz CT molecular complexity index is 735. The van der Waals surface area contributed by atoms with Gasteiger partial charge in [0.1, 0.15) is 11.7 Å². The molecule has 0 unspecified atom stereocenters. The number of halogens is 1. The molecule has 27 heavy (non-hydrogen) atoms. The number of carbonyl (C=O) groups excluding carboxylic acids is 1. The van der Waals surface area contributed by atoms with Gasteiger partial charge in [0.05, 0.1) is 0 Å². The maximum atomic E-state index is 12.1. The lowest BCUT2D eigenvalue weighted by atomic mass is 9.86. The van der Waals surface area contributed by atoms with E-state index in [0.717, 1.165) is 31.4 Å². The second kappa shape index (κ2) is 9.84. The highest BCUT2D eigenvalue weighted by atomic mass is 35.5. The van der Waals surface area contributed by atoms with Gasteiger partial charge in [0, 0.05) is 23.2 Å². The average Bonchev–Trinajstić information content (AvgIpc) is 2.65. The Kier molecular flexibility index (Phi) is 7.51. The maximum absolute atomic E-state index is 12.1. The second-order valence-corrected chi connectivity index (χ2v) is 6.76. The molecule has 1 aromatic carbocycles. The largest absolute Gasteiger partial charge is 0.384 e. The maximum Gasteiger partial charge on any atom is 0.227 e. The lowest BCUT2D eigenvalue weighted by Crippen LogP contribution is -2.32. The van der Waals surface area contributed by atoms with Crippen LogP contribution in [0.5, 0.6) is 0 Å². The van der Waals surface area contributed by atoms with Gasteiger partial charge in [0.2, 0.25) is 5.91 Å². The SMILES string of the molecule is N=C(N)c1ccc(NC(=O)C2CCC(N)CC2)cc1.Nc1ccc(Cl)nn1. The number of rotatable bonds is 3. The van der Waals surface area contributed by atoms with Crippen molar-refractivity contribution >= 4 is 34.8 Å². The molecule has 1 saturated carbocycles. The summed E-state index contributed by atoms with van der Waals surface area (Å²) in [7, 11) is 0. The van der Waals surface area contributed by atoms with Gasteiger partial charge in [-0.2, -0.15) is 0 Å². The summed E-state index contributed by atoms with van der Waals surface area (Å²) in [5, 5.41) is 17.5. The molecular weight excluding hydrogens is 366 g/mol. The number of carbonyl (C=O) groups is 1. The number of nitrogens with zero attached hydrogens (tertiary/aromatic N) is 2. The number of nitrogen functional groups attached to an aromatic ring is 2. The van der Waals surface area contributed by atoms with Gasteiger partial charge >= 0.3 is 0 Å². The molecule has 1 aliphatic rings. The van der Waals surface area contributed by atoms with Crippen LogP contribution in [0, 0.1) is 11.3 Å². The van der Waals surface area contributed by atoms with E-state index in [-0.39, 0.29) is 23.7 Å². The summed E-state index contributed by atoms with van der Waals surface area (Å²) in [5.41, 5.74) is 17.8. The molecule has 8 N–H and O–H groups in total. The number of hydrogen-bond donors (Lipinski definition) is 5. The van der Waals surface area contributed by atoms with E-state index in [1.165, 1.54) is 0 Å². The molecule has 0 saturated heterocycles. The third-order valence-corrected chi connectivity index (χ3v) is 4.46. The van der Waals surface area contributed by atoms with Crippen LogP contribution in [0.25, 0.3) is 0 Å². The Labute approximate surface area is 163 Å². The van der Waals surface area contributed by atoms with E-state index >= 15 is 0 Å². The highest BCUT2D eigenvalue weighted by Gasteiger charge is 2.24. The quantitative estimate of drug-likeness (QED) is 0.399. The minimum atomic E-state index is 0.0270. The van der Waals surface area contributed by atoms with Crippen LogP contribution in [0.15, 0.2) is 36.4 Å². The zero-order valence-corrected chi connectivity index (χ0v) is 15.6. The number of anilines is 2. The van der Waals surface area contributed by atoms with Gasteiger partial charge in [-0.25, -0.2) is 0 Å². The monoisotopic (exact) mass is 389 g/mol. The van der Waals surface area contributed by atoms with E-state index in [4.69, 9.17) is 34.2 Å². The molecule has 0 atom stereocenters. The van der Waals surface area contributed by atoms with Crippen LogP contribution in [0.2, 0.25) is 5.15 Å². The van der Waals surface area contributed by atoms with Gasteiger partial charge < -0.3 is 22.5 Å². The van der Waals surface area contributed by atoms with Gasteiger partial charge in [-0.05, 0) is 62.1 Å². The molecule has 0 aliphatic heterocycles. The Morgan fingerprint density at radius 3 is 2.19 bits per heavy atom. The lowest BCUT2D eigenvalue weighted by molar-refractivity contribution is -0.120. The van der Waals surface area contributed by atoms with Crippen LogP contribution >= 0.6 is 11.6 Å². The van der Waals surface area contributed by atoms with E-state index in [2.05, 4.69) is 15.5 Å². The summed E-state index contributed by atoms with van der Waals surface area (Å²) in [6, 6.07) is 10.4. The molecule has 0 bridgehead atoms. The molecule has 144 valence electrons. The summed E-state index contributed by atoms with van der Waals surface area (Å²) in [4.78, 5) is 12.1. The number of benzene rings is 1. The summed E-state index contributed by atoms with van der Waals surface area (Å²) < 4.78 is 0. The number of nitrogens with one attached hydrogen (secondary N) is 2. The summed E-state index contributed by atoms with van der Waals surface area (Å²) in [6.07, 6.45) is 3.56. The number of hydrogen-bond acceptors (Lipinski definition) is 6. The van der Waals surface area contributed by atoms with E-state index in [0.29, 0.717) is 16.5 Å². The summed E-state index contributed by atoms with van der Waals surface area (Å²) >= 11 is 5.38. The average molecular weight is 390 g/mol. The Balaban J connectivity index is 0.000000273. The molecule has 2 aromatic rings. The standard InChI is InChI=1S/C14H20N4O.C4H4ClN3/c15-11-5-1-10(2-6-11)14(19)18-12-7-3-9(4-8-12)13(16)17;5-3-1-2-4(6)8-7-3/h3-4,7-8,10-11H,1-2,5-6,15H2,(H3,16,17)(H,18,19);1-2H,(H2,6,8). The first-order valence-electron chi connectivity index (χ1n) is 8.60. The fourth-order valence-corrected chi connectivity index (χ4v) is 2.79. The van der Waals surface area contributed by atoms with Crippen LogP contribution in [-0.4, -0.2) is 28.0 Å². The first-order chi connectivity index (χ1) is 12.8. The van der Waals surface area contributed by atoms with Gasteiger partial charge in [0.25, 0.3) is 0 Å². The van der Waals surface area contributed by atoms with Crippen LogP contribution in [0.4, 0.5) is 11.5 Å². The van der Waals surface area contributed by atoms with Crippen molar-refractivity contribution in [1.82, 2.24) is 10.2 Å². The molecule has 8 nitrogen and oxygen atoms in total. The molecule has 0 spiro atoms. The minimum Gasteiger partial charge on any atom is -0.384 e. The van der Waals surface area contributed by atoms with E-state index in [1.54, 1.807) is 36.4 Å². The highest BCUT2D eigenvalue weighted by molar-refractivity contribution is 6.29. The fraction of sp³-hybridized carbons (Fsp3) is 0.333. The van der Waals surface area contributed by atoms with Crippen molar-refractivity contribution in [2.45, 2.75) is 31.7 Å². The van der Waals surface area contributed by atoms with E-state index < -0.39 is 0 Å². The first-order valence-corrected chi connectivity index (χ1v) is 8.98. The normalized spacial score (nSPS) is 18.7. The second-order valence-electron chi connectivity index (χ2n) is 6.37. The van der Waals surface area contributed by atoms with Crippen LogP contribution in [0.3, 0.4) is 0 Å². The van der Waals surface area contributed by atoms with Crippen molar-refractivity contribution in [2.24, 2.45) is 17.4 Å². The predicted octanol–water partition coefficient (Wildman–Crippen LogP) is 2.14. The van der Waals surface area contributed by atoms with E-state index in [9.17, 15) is 4.79 Å². The Hall–Kier alpha value is -2.71.